The predicted molar refractivity (Wildman–Crippen MR) is 113 cm³/mol. The molecule has 3 rings (SSSR count). The van der Waals surface area contributed by atoms with Crippen LogP contribution < -0.4 is 10.2 Å². The summed E-state index contributed by atoms with van der Waals surface area (Å²) >= 11 is 1.66. The predicted octanol–water partition coefficient (Wildman–Crippen LogP) is 2.15. The number of nitrogens with one attached hydrogen (secondary N) is 1. The van der Waals surface area contributed by atoms with E-state index < -0.39 is 0 Å². The van der Waals surface area contributed by atoms with E-state index in [0.717, 1.165) is 50.3 Å². The third-order valence-electron chi connectivity index (χ3n) is 3.97. The Bertz CT molecular complexity index is 668. The Morgan fingerprint density at radius 2 is 1.92 bits per heavy atom. The molecule has 2 aromatic heterocycles. The largest absolute Gasteiger partial charge is 0.357 e. The highest BCUT2D eigenvalue weighted by Crippen LogP contribution is 2.14. The van der Waals surface area contributed by atoms with Gasteiger partial charge in [0.15, 0.2) is 5.96 Å². The van der Waals surface area contributed by atoms with Gasteiger partial charge in [-0.2, -0.15) is 0 Å². The topological polar surface area (TPSA) is 69.5 Å². The highest BCUT2D eigenvalue weighted by atomic mass is 127. The molecule has 1 saturated heterocycles. The fourth-order valence-corrected chi connectivity index (χ4v) is 3.32. The average molecular weight is 473 g/mol. The Labute approximate surface area is 169 Å². The molecule has 0 unspecified atom stereocenters. The molecule has 7 nitrogen and oxygen atoms in total. The second-order valence-corrected chi connectivity index (χ2v) is 6.49. The van der Waals surface area contributed by atoms with Crippen LogP contribution in [0.25, 0.3) is 0 Å². The van der Waals surface area contributed by atoms with Gasteiger partial charge in [-0.15, -0.1) is 35.3 Å². The molecule has 0 spiro atoms. The molecule has 1 aliphatic heterocycles. The number of piperazine rings is 1. The first-order valence-electron chi connectivity index (χ1n) is 8.22. The zero-order valence-electron chi connectivity index (χ0n) is 14.6. The number of thiazole rings is 1. The van der Waals surface area contributed by atoms with Crippen molar-refractivity contribution in [3.8, 4) is 0 Å². The van der Waals surface area contributed by atoms with Gasteiger partial charge in [0.25, 0.3) is 0 Å². The summed E-state index contributed by atoms with van der Waals surface area (Å²) in [5.41, 5.74) is 2.96. The van der Waals surface area contributed by atoms with Gasteiger partial charge in [0.2, 0.25) is 5.95 Å². The molecule has 0 atom stereocenters. The zero-order chi connectivity index (χ0) is 16.8. The normalized spacial score (nSPS) is 15.0. The first-order valence-corrected chi connectivity index (χ1v) is 9.10. The quantitative estimate of drug-likeness (QED) is 0.417. The zero-order valence-corrected chi connectivity index (χ0v) is 17.7. The Balaban J connectivity index is 0.00000225. The number of nitrogens with zero attached hydrogens (tertiary/aromatic N) is 6. The van der Waals surface area contributed by atoms with Crippen LogP contribution in [0.4, 0.5) is 5.95 Å². The lowest BCUT2D eigenvalue weighted by Gasteiger charge is -2.36. The summed E-state index contributed by atoms with van der Waals surface area (Å²) in [6, 6.07) is 1.84. The van der Waals surface area contributed by atoms with E-state index in [1.54, 1.807) is 23.7 Å². The molecule has 1 aliphatic rings. The number of guanidine groups is 1. The number of rotatable bonds is 4. The van der Waals surface area contributed by atoms with Gasteiger partial charge in [0, 0.05) is 50.0 Å². The van der Waals surface area contributed by atoms with Crippen LogP contribution in [0, 0.1) is 6.92 Å². The van der Waals surface area contributed by atoms with Crippen molar-refractivity contribution in [2.45, 2.75) is 20.4 Å². The maximum absolute atomic E-state index is 4.79. The Kier molecular flexibility index (Phi) is 7.82. The average Bonchev–Trinajstić information content (AvgIpc) is 3.04. The van der Waals surface area contributed by atoms with Crippen LogP contribution in [-0.2, 0) is 6.54 Å². The minimum absolute atomic E-state index is 0. The van der Waals surface area contributed by atoms with Gasteiger partial charge < -0.3 is 15.1 Å². The van der Waals surface area contributed by atoms with Crippen LogP contribution in [-0.4, -0.2) is 58.5 Å². The molecule has 1 N–H and O–H groups in total. The van der Waals surface area contributed by atoms with Gasteiger partial charge >= 0.3 is 0 Å². The first kappa shape index (κ1) is 19.8. The maximum atomic E-state index is 4.79. The van der Waals surface area contributed by atoms with Crippen molar-refractivity contribution < 1.29 is 0 Å². The molecule has 0 saturated carbocycles. The van der Waals surface area contributed by atoms with Crippen molar-refractivity contribution in [3.05, 3.63) is 34.5 Å². The number of aliphatic imine (C=N–C) groups is 1. The number of aryl methyl sites for hydroxylation is 1. The highest BCUT2D eigenvalue weighted by molar-refractivity contribution is 14.0. The van der Waals surface area contributed by atoms with Gasteiger partial charge in [-0.05, 0) is 19.9 Å². The fourth-order valence-electron chi connectivity index (χ4n) is 2.62. The Hall–Kier alpha value is -1.49. The summed E-state index contributed by atoms with van der Waals surface area (Å²) in [5, 5.41) is 3.40. The summed E-state index contributed by atoms with van der Waals surface area (Å²) in [7, 11) is 0. The minimum Gasteiger partial charge on any atom is -0.357 e. The molecule has 3 heterocycles. The summed E-state index contributed by atoms with van der Waals surface area (Å²) in [4.78, 5) is 23.5. The lowest BCUT2D eigenvalue weighted by atomic mass is 10.3. The molecule has 0 aliphatic carbocycles. The minimum atomic E-state index is 0. The summed E-state index contributed by atoms with van der Waals surface area (Å²) in [5.74, 6) is 1.78. The van der Waals surface area contributed by atoms with E-state index >= 15 is 0 Å². The van der Waals surface area contributed by atoms with Crippen molar-refractivity contribution in [1.29, 1.82) is 0 Å². The summed E-state index contributed by atoms with van der Waals surface area (Å²) < 4.78 is 0. The van der Waals surface area contributed by atoms with E-state index in [0.29, 0.717) is 6.54 Å². The van der Waals surface area contributed by atoms with Crippen LogP contribution in [0.15, 0.2) is 29.0 Å². The SMILES string of the molecule is CCNC(=NCc1scnc1C)N1CCN(c2ncccn2)CC1.I. The third-order valence-corrected chi connectivity index (χ3v) is 4.89. The van der Waals surface area contributed by atoms with Crippen molar-refractivity contribution in [2.24, 2.45) is 4.99 Å². The molecule has 136 valence electrons. The van der Waals surface area contributed by atoms with E-state index in [1.807, 2.05) is 18.5 Å². The smallest absolute Gasteiger partial charge is 0.225 e. The lowest BCUT2D eigenvalue weighted by molar-refractivity contribution is 0.370. The van der Waals surface area contributed by atoms with Gasteiger partial charge in [-0.1, -0.05) is 0 Å². The summed E-state index contributed by atoms with van der Waals surface area (Å²) in [6.07, 6.45) is 3.58. The first-order chi connectivity index (χ1) is 11.8. The number of halogens is 1. The monoisotopic (exact) mass is 473 g/mol. The van der Waals surface area contributed by atoms with Crippen LogP contribution in [0.3, 0.4) is 0 Å². The van der Waals surface area contributed by atoms with E-state index in [9.17, 15) is 0 Å². The van der Waals surface area contributed by atoms with Crippen LogP contribution in [0.5, 0.6) is 0 Å². The van der Waals surface area contributed by atoms with E-state index in [-0.39, 0.29) is 24.0 Å². The number of anilines is 1. The third kappa shape index (κ3) is 5.24. The van der Waals surface area contributed by atoms with Crippen LogP contribution in [0.2, 0.25) is 0 Å². The van der Waals surface area contributed by atoms with Crippen LogP contribution in [0.1, 0.15) is 17.5 Å². The van der Waals surface area contributed by atoms with E-state index in [1.165, 1.54) is 4.88 Å². The van der Waals surface area contributed by atoms with Gasteiger partial charge in [0.1, 0.15) is 0 Å². The van der Waals surface area contributed by atoms with Crippen molar-refractivity contribution in [2.75, 3.05) is 37.6 Å². The van der Waals surface area contributed by atoms with Gasteiger partial charge in [-0.25, -0.2) is 19.9 Å². The molecule has 0 amide bonds. The van der Waals surface area contributed by atoms with Crippen molar-refractivity contribution >= 4 is 47.2 Å². The lowest BCUT2D eigenvalue weighted by Crippen LogP contribution is -2.52. The summed E-state index contributed by atoms with van der Waals surface area (Å²) in [6.45, 7) is 9.29. The second kappa shape index (κ2) is 9.85. The molecule has 0 aromatic carbocycles. The molecular formula is C16H24IN7S. The highest BCUT2D eigenvalue weighted by Gasteiger charge is 2.21. The number of hydrogen-bond acceptors (Lipinski definition) is 6. The molecule has 1 fully saturated rings. The van der Waals surface area contributed by atoms with Gasteiger partial charge in [0.05, 0.1) is 17.7 Å². The molecule has 0 radical (unpaired) electrons. The Morgan fingerprint density at radius 1 is 1.20 bits per heavy atom. The van der Waals surface area contributed by atoms with Crippen LogP contribution >= 0.6 is 35.3 Å². The van der Waals surface area contributed by atoms with E-state index in [4.69, 9.17) is 4.99 Å². The molecule has 25 heavy (non-hydrogen) atoms. The van der Waals surface area contributed by atoms with Gasteiger partial charge in [-0.3, -0.25) is 0 Å². The number of hydrogen-bond donors (Lipinski definition) is 1. The van der Waals surface area contributed by atoms with E-state index in [2.05, 4.69) is 37.0 Å². The fraction of sp³-hybridized carbons (Fsp3) is 0.500. The molecule has 0 bridgehead atoms. The Morgan fingerprint density at radius 3 is 2.52 bits per heavy atom. The maximum Gasteiger partial charge on any atom is 0.225 e. The van der Waals surface area contributed by atoms with Crippen molar-refractivity contribution in [3.63, 3.8) is 0 Å². The standard InChI is InChI=1S/C16H23N7S.HI/c1-3-17-15(20-11-14-13(2)21-12-24-14)22-7-9-23(10-8-22)16-18-5-4-6-19-16;/h4-6,12H,3,7-11H2,1-2H3,(H,17,20);1H. The number of aromatic nitrogens is 3. The molecular weight excluding hydrogens is 449 g/mol. The van der Waals surface area contributed by atoms with Crippen molar-refractivity contribution in [1.82, 2.24) is 25.2 Å². The second-order valence-electron chi connectivity index (χ2n) is 5.55. The molecule has 9 heteroatoms. The molecule has 2 aromatic rings.